The molecule has 0 aromatic rings. The number of rotatable bonds is 11. The normalized spacial score (nSPS) is 11.5. The lowest BCUT2D eigenvalue weighted by molar-refractivity contribution is -0.140. The third-order valence-electron chi connectivity index (χ3n) is 2.35. The minimum atomic E-state index is -0.879. The second-order valence-electron chi connectivity index (χ2n) is 4.11. The summed E-state index contributed by atoms with van der Waals surface area (Å²) >= 11 is 4.43. The van der Waals surface area contributed by atoms with E-state index in [1.54, 1.807) is 11.9 Å². The molecule has 0 rings (SSSR count). The predicted molar refractivity (Wildman–Crippen MR) is 88.8 cm³/mol. The summed E-state index contributed by atoms with van der Waals surface area (Å²) in [7, 11) is 1.71. The number of carboxylic acids is 2. The van der Waals surface area contributed by atoms with Crippen LogP contribution >= 0.6 is 45.5 Å². The fourth-order valence-corrected chi connectivity index (χ4v) is 1.95. The first-order chi connectivity index (χ1) is 8.85. The Hall–Kier alpha value is 0.280. The van der Waals surface area contributed by atoms with Crippen LogP contribution in [0.3, 0.4) is 0 Å². The summed E-state index contributed by atoms with van der Waals surface area (Å²) in [4.78, 5) is 24.8. The van der Waals surface area contributed by atoms with Crippen molar-refractivity contribution < 1.29 is 19.8 Å². The number of aliphatic carboxylic acids is 2. The predicted octanol–water partition coefficient (Wildman–Crippen LogP) is 0.434. The number of nitrogens with zero attached hydrogens (tertiary/aromatic N) is 3. The quantitative estimate of drug-likeness (QED) is 0.185. The number of carbonyl (C=O) groups is 2. The zero-order chi connectivity index (χ0) is 14.8. The second kappa shape index (κ2) is 11.0. The smallest absolute Gasteiger partial charge is 0.317 e. The van der Waals surface area contributed by atoms with Gasteiger partial charge in [-0.05, 0) is 7.05 Å². The van der Waals surface area contributed by atoms with Crippen LogP contribution in [-0.4, -0.2) is 85.9 Å². The van der Waals surface area contributed by atoms with Crippen LogP contribution in [0, 0.1) is 0 Å². The molecule has 0 bridgehead atoms. The largest absolute Gasteiger partial charge is 0.480 e. The molecule has 0 saturated heterocycles. The summed E-state index contributed by atoms with van der Waals surface area (Å²) in [6.45, 7) is 2.45. The van der Waals surface area contributed by atoms with Gasteiger partial charge in [0, 0.05) is 49.0 Å². The Morgan fingerprint density at radius 1 is 1.00 bits per heavy atom. The van der Waals surface area contributed by atoms with E-state index in [4.69, 9.17) is 10.2 Å². The molecule has 9 heteroatoms. The summed E-state index contributed by atoms with van der Waals surface area (Å²) in [5.41, 5.74) is 0. The first-order valence-electron chi connectivity index (χ1n) is 5.66. The van der Waals surface area contributed by atoms with Gasteiger partial charge in [-0.15, -0.1) is 0 Å². The first kappa shape index (κ1) is 19.3. The van der Waals surface area contributed by atoms with E-state index in [1.807, 2.05) is 4.90 Å². The molecule has 2 N–H and O–H groups in total. The third kappa shape index (κ3) is 11.8. The lowest BCUT2D eigenvalue weighted by Gasteiger charge is -2.24. The molecule has 0 aromatic heterocycles. The van der Waals surface area contributed by atoms with Crippen molar-refractivity contribution in [3.8, 4) is 0 Å². The first-order valence-corrected chi connectivity index (χ1v) is 8.15. The molecule has 0 radical (unpaired) electrons. The van der Waals surface area contributed by atoms with E-state index < -0.39 is 11.9 Å². The van der Waals surface area contributed by atoms with Gasteiger partial charge in [0.25, 0.3) is 0 Å². The molecule has 19 heavy (non-hydrogen) atoms. The molecule has 0 aliphatic carbocycles. The second-order valence-corrected chi connectivity index (χ2v) is 6.15. The Bertz CT molecular complexity index is 294. The number of alkyl halides is 1. The SMILES string of the molecule is CN(CCN(CCN(I)CI)CC(=O)O)CC(=O)O. The molecule has 0 atom stereocenters. The van der Waals surface area contributed by atoms with E-state index in [9.17, 15) is 9.59 Å². The van der Waals surface area contributed by atoms with Gasteiger partial charge in [-0.2, -0.15) is 0 Å². The molecule has 0 aliphatic rings. The Morgan fingerprint density at radius 2 is 1.53 bits per heavy atom. The van der Waals surface area contributed by atoms with Crippen LogP contribution < -0.4 is 0 Å². The highest BCUT2D eigenvalue weighted by atomic mass is 127. The maximum absolute atomic E-state index is 10.8. The molecule has 7 nitrogen and oxygen atoms in total. The van der Waals surface area contributed by atoms with E-state index in [1.165, 1.54) is 0 Å². The zero-order valence-electron chi connectivity index (χ0n) is 10.8. The van der Waals surface area contributed by atoms with E-state index in [0.29, 0.717) is 19.6 Å². The van der Waals surface area contributed by atoms with Crippen molar-refractivity contribution in [1.82, 2.24) is 12.9 Å². The van der Waals surface area contributed by atoms with Crippen LogP contribution in [0.25, 0.3) is 0 Å². The number of hydrogen-bond acceptors (Lipinski definition) is 5. The molecule has 0 amide bonds. The van der Waals surface area contributed by atoms with Crippen LogP contribution in [-0.2, 0) is 9.59 Å². The summed E-state index contributed by atoms with van der Waals surface area (Å²) in [6, 6.07) is 0. The van der Waals surface area contributed by atoms with Crippen molar-refractivity contribution in [3.63, 3.8) is 0 Å². The van der Waals surface area contributed by atoms with Crippen LogP contribution in [0.2, 0.25) is 0 Å². The van der Waals surface area contributed by atoms with E-state index in [0.717, 1.165) is 11.1 Å². The van der Waals surface area contributed by atoms with Gasteiger partial charge < -0.3 is 10.2 Å². The molecular weight excluding hydrogens is 480 g/mol. The summed E-state index contributed by atoms with van der Waals surface area (Å²) in [5.74, 6) is -1.74. The fourth-order valence-electron chi connectivity index (χ4n) is 1.39. The van der Waals surface area contributed by atoms with Gasteiger partial charge in [-0.25, -0.2) is 3.11 Å². The van der Waals surface area contributed by atoms with Gasteiger partial charge >= 0.3 is 11.9 Å². The van der Waals surface area contributed by atoms with Gasteiger partial charge in [0.05, 0.1) is 17.6 Å². The van der Waals surface area contributed by atoms with E-state index in [2.05, 4.69) is 48.6 Å². The number of carboxylic acid groups (broad SMARTS) is 2. The maximum Gasteiger partial charge on any atom is 0.317 e. The van der Waals surface area contributed by atoms with Crippen molar-refractivity contribution in [2.75, 3.05) is 50.9 Å². The topological polar surface area (TPSA) is 84.3 Å². The highest BCUT2D eigenvalue weighted by Gasteiger charge is 2.12. The summed E-state index contributed by atoms with van der Waals surface area (Å²) in [6.07, 6.45) is 0. The number of halogens is 2. The molecule has 112 valence electrons. The summed E-state index contributed by atoms with van der Waals surface area (Å²) in [5, 5.41) is 17.5. The average Bonchev–Trinajstić information content (AvgIpc) is 2.30. The van der Waals surface area contributed by atoms with Crippen molar-refractivity contribution in [2.24, 2.45) is 0 Å². The van der Waals surface area contributed by atoms with Crippen molar-refractivity contribution in [1.29, 1.82) is 0 Å². The molecule has 0 aromatic carbocycles. The Balaban J connectivity index is 4.11. The zero-order valence-corrected chi connectivity index (χ0v) is 15.1. The highest BCUT2D eigenvalue weighted by molar-refractivity contribution is 14.1. The molecule has 0 fully saturated rings. The van der Waals surface area contributed by atoms with E-state index in [-0.39, 0.29) is 13.1 Å². The van der Waals surface area contributed by atoms with Crippen LogP contribution in [0.1, 0.15) is 0 Å². The van der Waals surface area contributed by atoms with Crippen LogP contribution in [0.5, 0.6) is 0 Å². The van der Waals surface area contributed by atoms with Crippen molar-refractivity contribution in [2.45, 2.75) is 0 Å². The minimum absolute atomic E-state index is 0.0212. The molecule has 0 heterocycles. The standard InChI is InChI=1S/C10H19I2N3O4/c1-13(6-9(16)17)2-3-14(7-10(18)19)4-5-15(12)8-11/h2-8H2,1H3,(H,16,17)(H,18,19). The minimum Gasteiger partial charge on any atom is -0.480 e. The molecule has 0 aliphatic heterocycles. The van der Waals surface area contributed by atoms with Crippen LogP contribution in [0.4, 0.5) is 0 Å². The van der Waals surface area contributed by atoms with Gasteiger partial charge in [-0.3, -0.25) is 19.4 Å². The lowest BCUT2D eigenvalue weighted by atomic mass is 10.4. The molecule has 0 unspecified atom stereocenters. The number of hydrogen-bond donors (Lipinski definition) is 2. The fraction of sp³-hybridized carbons (Fsp3) is 0.800. The third-order valence-corrected chi connectivity index (χ3v) is 5.30. The lowest BCUT2D eigenvalue weighted by Crippen LogP contribution is -2.40. The van der Waals surface area contributed by atoms with Crippen molar-refractivity contribution >= 4 is 57.4 Å². The Kier molecular flexibility index (Phi) is 11.2. The van der Waals surface area contributed by atoms with Gasteiger partial charge in [0.2, 0.25) is 0 Å². The number of likely N-dealkylation sites (N-methyl/N-ethyl adjacent to an activating group) is 1. The average molecular weight is 499 g/mol. The van der Waals surface area contributed by atoms with Crippen LogP contribution in [0.15, 0.2) is 0 Å². The molecule has 0 spiro atoms. The molecular formula is C10H19I2N3O4. The van der Waals surface area contributed by atoms with Crippen molar-refractivity contribution in [3.05, 3.63) is 0 Å². The molecule has 0 saturated carbocycles. The van der Waals surface area contributed by atoms with Gasteiger partial charge in [0.1, 0.15) is 0 Å². The van der Waals surface area contributed by atoms with Gasteiger partial charge in [0.15, 0.2) is 0 Å². The van der Waals surface area contributed by atoms with Gasteiger partial charge in [-0.1, -0.05) is 22.6 Å². The maximum atomic E-state index is 10.8. The highest BCUT2D eigenvalue weighted by Crippen LogP contribution is 2.02. The Morgan fingerprint density at radius 3 is 2.00 bits per heavy atom. The summed E-state index contributed by atoms with van der Waals surface area (Å²) < 4.78 is 2.94. The monoisotopic (exact) mass is 499 g/mol. The van der Waals surface area contributed by atoms with E-state index >= 15 is 0 Å². The Labute approximate surface area is 140 Å².